The second-order valence-corrected chi connectivity index (χ2v) is 12.6. The van der Waals surface area contributed by atoms with Gasteiger partial charge in [0.2, 0.25) is 15.9 Å². The van der Waals surface area contributed by atoms with Gasteiger partial charge >= 0.3 is 18.1 Å². The predicted molar refractivity (Wildman–Crippen MR) is 170 cm³/mol. The number of hydroxylamine groups is 2. The van der Waals surface area contributed by atoms with Crippen molar-refractivity contribution < 1.29 is 50.7 Å². The molecule has 6 N–H and O–H groups in total. The quantitative estimate of drug-likeness (QED) is 0.106. The Balaban J connectivity index is 0.000000838. The van der Waals surface area contributed by atoms with E-state index in [1.165, 1.54) is 12.1 Å². The molecule has 13 nitrogen and oxygen atoms in total. The van der Waals surface area contributed by atoms with Crippen LogP contribution in [0.4, 0.5) is 13.2 Å². The number of carboxylic acid groups (broad SMARTS) is 1. The van der Waals surface area contributed by atoms with Gasteiger partial charge in [-0.2, -0.15) is 23.0 Å². The van der Waals surface area contributed by atoms with Crippen LogP contribution >= 0.6 is 0 Å². The number of benzene rings is 3. The minimum absolute atomic E-state index is 0.00275. The molecule has 4 rings (SSSR count). The highest BCUT2D eigenvalue weighted by Crippen LogP contribution is 2.36. The number of rotatable bonds is 12. The Bertz CT molecular complexity index is 1720. The number of alkyl halides is 3. The molecule has 0 saturated carbocycles. The standard InChI is InChI=1S/C30H35N5O6S.C2HF3O2/c1-20-7-6-10-25(15-20)42(38,39)34-26(30(37)40-2)18-33-28(36)17-24-16-27(22-11-13-23(14-12-22)29(31)32)35(41-24)19-21-8-4-3-5-9-21;3-2(4,5)1(6)7/h3-15,24,26-27,34H,16-19H2,1-2H3,(H3,31,32)(H,33,36);(H,6,7)/t24-,26+,27+;/m1./s1. The number of aryl methyl sites for hydroxylation is 1. The Morgan fingerprint density at radius 1 is 1.08 bits per heavy atom. The lowest BCUT2D eigenvalue weighted by Gasteiger charge is -2.23. The van der Waals surface area contributed by atoms with Crippen LogP contribution in [0.3, 0.4) is 0 Å². The van der Waals surface area contributed by atoms with Crippen LogP contribution in [0.2, 0.25) is 0 Å². The molecule has 1 fully saturated rings. The summed E-state index contributed by atoms with van der Waals surface area (Å²) < 4.78 is 64.6. The Labute approximate surface area is 280 Å². The van der Waals surface area contributed by atoms with Crippen LogP contribution in [0, 0.1) is 12.3 Å². The molecule has 1 heterocycles. The second-order valence-electron chi connectivity index (χ2n) is 10.9. The number of aliphatic carboxylic acids is 1. The summed E-state index contributed by atoms with van der Waals surface area (Å²) >= 11 is 0. The summed E-state index contributed by atoms with van der Waals surface area (Å²) in [5.41, 5.74) is 8.95. The van der Waals surface area contributed by atoms with Gasteiger partial charge < -0.3 is 20.9 Å². The molecule has 1 saturated heterocycles. The summed E-state index contributed by atoms with van der Waals surface area (Å²) in [5, 5.41) is 19.3. The fraction of sp³-hybridized carbons (Fsp3) is 0.312. The molecule has 0 spiro atoms. The highest BCUT2D eigenvalue weighted by Gasteiger charge is 2.38. The maximum Gasteiger partial charge on any atom is 0.490 e. The fourth-order valence-electron chi connectivity index (χ4n) is 4.74. The summed E-state index contributed by atoms with van der Waals surface area (Å²) in [6.07, 6.45) is -5.04. The number of carbonyl (C=O) groups is 3. The number of nitrogen functional groups attached to an aromatic ring is 1. The number of sulfonamides is 1. The summed E-state index contributed by atoms with van der Waals surface area (Å²) in [6, 6.07) is 21.9. The van der Waals surface area contributed by atoms with Gasteiger partial charge in [0.15, 0.2) is 0 Å². The van der Waals surface area contributed by atoms with E-state index in [1.54, 1.807) is 31.2 Å². The normalized spacial score (nSPS) is 16.9. The number of esters is 1. The molecule has 0 bridgehead atoms. The monoisotopic (exact) mass is 707 g/mol. The minimum atomic E-state index is -5.08. The molecule has 1 aliphatic heterocycles. The first-order valence-electron chi connectivity index (χ1n) is 14.7. The van der Waals surface area contributed by atoms with Crippen LogP contribution in [0.1, 0.15) is 41.1 Å². The van der Waals surface area contributed by atoms with Crippen molar-refractivity contribution in [3.63, 3.8) is 0 Å². The highest BCUT2D eigenvalue weighted by atomic mass is 32.2. The van der Waals surface area contributed by atoms with E-state index in [4.69, 9.17) is 30.6 Å². The smallest absolute Gasteiger partial charge is 0.475 e. The third kappa shape index (κ3) is 11.7. The first-order chi connectivity index (χ1) is 23.0. The Kier molecular flexibility index (Phi) is 13.4. The van der Waals surface area contributed by atoms with E-state index >= 15 is 0 Å². The maximum atomic E-state index is 12.9. The molecule has 1 amide bonds. The topological polar surface area (TPSA) is 201 Å². The first kappa shape index (κ1) is 38.6. The van der Waals surface area contributed by atoms with E-state index < -0.39 is 46.2 Å². The van der Waals surface area contributed by atoms with Crippen molar-refractivity contribution >= 4 is 33.7 Å². The third-order valence-electron chi connectivity index (χ3n) is 7.15. The zero-order valence-electron chi connectivity index (χ0n) is 26.4. The van der Waals surface area contributed by atoms with Gasteiger partial charge in [-0.3, -0.25) is 19.8 Å². The van der Waals surface area contributed by atoms with Gasteiger partial charge in [-0.25, -0.2) is 13.2 Å². The molecule has 3 atom stereocenters. The molecule has 0 radical (unpaired) electrons. The number of carbonyl (C=O) groups excluding carboxylic acids is 2. The number of carboxylic acids is 1. The molecule has 49 heavy (non-hydrogen) atoms. The van der Waals surface area contributed by atoms with E-state index in [1.807, 2.05) is 47.5 Å². The van der Waals surface area contributed by atoms with Gasteiger partial charge in [0.05, 0.1) is 30.6 Å². The van der Waals surface area contributed by atoms with Crippen molar-refractivity contribution in [2.45, 2.75) is 55.6 Å². The SMILES string of the molecule is COC(=O)[C@H](CNC(=O)C[C@H]1C[C@@H](c2ccc(C(=N)N)cc2)N(Cc2ccccc2)O1)NS(=O)(=O)c1cccc(C)c1.O=C(O)C(F)(F)F. The van der Waals surface area contributed by atoms with E-state index in [0.29, 0.717) is 18.5 Å². The van der Waals surface area contributed by atoms with Crippen molar-refractivity contribution in [2.75, 3.05) is 13.7 Å². The van der Waals surface area contributed by atoms with E-state index in [9.17, 15) is 31.2 Å². The lowest BCUT2D eigenvalue weighted by molar-refractivity contribution is -0.192. The van der Waals surface area contributed by atoms with Gasteiger partial charge in [0.25, 0.3) is 0 Å². The highest BCUT2D eigenvalue weighted by molar-refractivity contribution is 7.89. The minimum Gasteiger partial charge on any atom is -0.475 e. The first-order valence-corrected chi connectivity index (χ1v) is 16.1. The van der Waals surface area contributed by atoms with Gasteiger partial charge in [0.1, 0.15) is 11.9 Å². The molecule has 17 heteroatoms. The molecule has 264 valence electrons. The van der Waals surface area contributed by atoms with Gasteiger partial charge in [-0.1, -0.05) is 66.7 Å². The average molecular weight is 708 g/mol. The zero-order valence-corrected chi connectivity index (χ0v) is 27.3. The second kappa shape index (κ2) is 17.0. The van der Waals surface area contributed by atoms with Crippen molar-refractivity contribution in [1.29, 1.82) is 5.41 Å². The zero-order chi connectivity index (χ0) is 36.4. The van der Waals surface area contributed by atoms with Crippen LogP contribution < -0.4 is 15.8 Å². The number of methoxy groups -OCH3 is 1. The number of nitrogens with one attached hydrogen (secondary N) is 3. The third-order valence-corrected chi connectivity index (χ3v) is 8.62. The number of hydrogen-bond acceptors (Lipinski definition) is 9. The van der Waals surface area contributed by atoms with Gasteiger partial charge in [-0.15, -0.1) is 0 Å². The number of ether oxygens (including phenoxy) is 1. The molecular weight excluding hydrogens is 671 g/mol. The molecule has 0 aromatic heterocycles. The van der Waals surface area contributed by atoms with E-state index in [-0.39, 0.29) is 29.7 Å². The number of hydrogen-bond donors (Lipinski definition) is 5. The van der Waals surface area contributed by atoms with Crippen LogP contribution in [0.15, 0.2) is 83.8 Å². The molecule has 0 unspecified atom stereocenters. The van der Waals surface area contributed by atoms with Gasteiger partial charge in [-0.05, 0) is 42.2 Å². The fourth-order valence-corrected chi connectivity index (χ4v) is 6.03. The van der Waals surface area contributed by atoms with Crippen LogP contribution in [0.5, 0.6) is 0 Å². The van der Waals surface area contributed by atoms with Crippen molar-refractivity contribution in [1.82, 2.24) is 15.1 Å². The summed E-state index contributed by atoms with van der Waals surface area (Å²) in [5.74, 6) is -4.01. The van der Waals surface area contributed by atoms with E-state index in [2.05, 4.69) is 10.0 Å². The average Bonchev–Trinajstić information content (AvgIpc) is 3.44. The number of amides is 1. The number of nitrogens with two attached hydrogens (primary N) is 1. The molecule has 3 aromatic rings. The van der Waals surface area contributed by atoms with Crippen molar-refractivity contribution in [3.8, 4) is 0 Å². The Morgan fingerprint density at radius 3 is 2.27 bits per heavy atom. The number of amidine groups is 1. The number of halogens is 3. The molecule has 1 aliphatic rings. The summed E-state index contributed by atoms with van der Waals surface area (Å²) in [7, 11) is -2.90. The van der Waals surface area contributed by atoms with Crippen molar-refractivity contribution in [2.24, 2.45) is 5.73 Å². The van der Waals surface area contributed by atoms with Crippen LogP contribution in [-0.4, -0.2) is 74.2 Å². The Morgan fingerprint density at radius 2 is 1.71 bits per heavy atom. The molecule has 0 aliphatic carbocycles. The maximum absolute atomic E-state index is 12.9. The van der Waals surface area contributed by atoms with E-state index in [0.717, 1.165) is 23.8 Å². The summed E-state index contributed by atoms with van der Waals surface area (Å²) in [6.45, 7) is 1.95. The molecule has 3 aromatic carbocycles. The molecular formula is C32H36F3N5O8S. The number of nitrogens with zero attached hydrogens (tertiary/aromatic N) is 1. The van der Waals surface area contributed by atoms with Crippen LogP contribution in [0.25, 0.3) is 0 Å². The lowest BCUT2D eigenvalue weighted by atomic mass is 9.98. The van der Waals surface area contributed by atoms with Crippen LogP contribution in [-0.2, 0) is 40.5 Å². The van der Waals surface area contributed by atoms with Gasteiger partial charge in [0, 0.05) is 18.7 Å². The predicted octanol–water partition coefficient (Wildman–Crippen LogP) is 3.19. The lowest BCUT2D eigenvalue weighted by Crippen LogP contribution is -2.49. The Hall–Kier alpha value is -4.84. The largest absolute Gasteiger partial charge is 0.490 e. The summed E-state index contributed by atoms with van der Waals surface area (Å²) in [4.78, 5) is 40.4. The van der Waals surface area contributed by atoms with Crippen molar-refractivity contribution in [3.05, 3.63) is 101 Å².